The Labute approximate surface area is 574 Å². The van der Waals surface area contributed by atoms with Gasteiger partial charge in [-0.05, 0) is 161 Å². The van der Waals surface area contributed by atoms with E-state index in [4.69, 9.17) is 0 Å². The molecule has 4 N–H and O–H groups in total. The quantitative estimate of drug-likeness (QED) is 0.0356. The molecule has 538 valence electrons. The minimum atomic E-state index is -0.406. The molecule has 7 nitrogen and oxygen atoms in total. The molecule has 0 saturated carbocycles. The third-order valence-electron chi connectivity index (χ3n) is 18.4. The Balaban J connectivity index is 5.39. The zero-order valence-electron chi connectivity index (χ0n) is 62.1. The molecule has 0 aliphatic heterocycles. The number of aliphatic hydroxyl groups is 4. The van der Waals surface area contributed by atoms with Crippen LogP contribution < -0.4 is 0 Å². The summed E-state index contributed by atoms with van der Waals surface area (Å²) < 4.78 is 0. The molecule has 0 aliphatic rings. The summed E-state index contributed by atoms with van der Waals surface area (Å²) in [5.41, 5.74) is 0. The molecule has 0 saturated heterocycles. The lowest BCUT2D eigenvalue weighted by Crippen LogP contribution is -2.44. The van der Waals surface area contributed by atoms with Crippen LogP contribution in [0.1, 0.15) is 362 Å². The molecule has 0 aliphatic carbocycles. The Hall–Kier alpha value is -2.36. The van der Waals surface area contributed by atoms with Crippen molar-refractivity contribution >= 4 is 0 Å². The van der Waals surface area contributed by atoms with E-state index in [1.165, 1.54) is 205 Å². The van der Waals surface area contributed by atoms with Crippen molar-refractivity contribution in [2.24, 2.45) is 0 Å². The van der Waals surface area contributed by atoms with Crippen LogP contribution >= 0.6 is 0 Å². The maximum atomic E-state index is 11.4. The molecule has 0 aromatic rings. The zero-order chi connectivity index (χ0) is 66.8. The van der Waals surface area contributed by atoms with Crippen LogP contribution in [0.25, 0.3) is 0 Å². The van der Waals surface area contributed by atoms with Gasteiger partial charge in [-0.2, -0.15) is 0 Å². The van der Waals surface area contributed by atoms with E-state index in [2.05, 4.69) is 147 Å². The van der Waals surface area contributed by atoms with Crippen molar-refractivity contribution in [3.05, 3.63) is 97.2 Å². The molecule has 4 atom stereocenters. The van der Waals surface area contributed by atoms with Gasteiger partial charge in [-0.15, -0.1) is 0 Å². The summed E-state index contributed by atoms with van der Waals surface area (Å²) in [7, 11) is 2.19. The van der Waals surface area contributed by atoms with Crippen LogP contribution in [-0.4, -0.2) is 119 Å². The SMILES string of the molecule is CCCCCCC/C=C\C/C=C\CCCCCCC(O)CN(CCN(C)CCN(CC(O)CCCCCC/C=C\C/C=C\CCCCCCC)CC(O)CCCCCC/C=C\C/C=C\CCCCCCC)CC(O)CCCCCC/C=C\C/C=C\CCCCCCC. The number of hydrogen-bond donors (Lipinski definition) is 4. The Morgan fingerprint density at radius 3 is 0.576 bits per heavy atom. The first-order chi connectivity index (χ1) is 45.2. The van der Waals surface area contributed by atoms with Crippen LogP contribution in [0.5, 0.6) is 0 Å². The summed E-state index contributed by atoms with van der Waals surface area (Å²) in [6.45, 7) is 14.7. The molecular formula is C85H159N3O4. The number of likely N-dealkylation sites (N-methyl/N-ethyl adjacent to an activating group) is 1. The predicted molar refractivity (Wildman–Crippen MR) is 410 cm³/mol. The van der Waals surface area contributed by atoms with Gasteiger partial charge in [-0.3, -0.25) is 9.80 Å². The van der Waals surface area contributed by atoms with E-state index < -0.39 is 24.4 Å². The summed E-state index contributed by atoms with van der Waals surface area (Å²) in [5, 5.41) is 45.7. The van der Waals surface area contributed by atoms with E-state index in [1.807, 2.05) is 0 Å². The standard InChI is InChI=1S/C85H159N3O4/c1-6-10-14-18-22-26-30-34-38-42-46-50-54-58-62-66-70-82(89)78-87(79-83(90)71-67-63-59-55-51-47-43-39-35-31-27-23-19-15-11-7-2)76-74-86(5)75-77-88(80-84(91)72-68-64-60-56-52-48-44-40-36-32-28-24-20-16-12-8-3)81-85(92)73-69-65-61-57-53-49-45-41-37-33-29-25-21-17-13-9-4/h30-37,42-49,82-85,89-92H,6-29,38-41,50-81H2,1-5H3/b34-30-,35-31-,36-32-,37-33-,46-42-,47-43-,48-44-,49-45-. The summed E-state index contributed by atoms with van der Waals surface area (Å²) in [4.78, 5) is 7.02. The summed E-state index contributed by atoms with van der Waals surface area (Å²) in [5.74, 6) is 0. The number of aliphatic hydroxyl groups excluding tert-OH is 4. The Kier molecular flexibility index (Phi) is 74.1. The van der Waals surface area contributed by atoms with Gasteiger partial charge in [0.05, 0.1) is 24.4 Å². The van der Waals surface area contributed by atoms with Gasteiger partial charge >= 0.3 is 0 Å². The van der Waals surface area contributed by atoms with Gasteiger partial charge in [0.25, 0.3) is 0 Å². The van der Waals surface area contributed by atoms with Gasteiger partial charge in [0.1, 0.15) is 0 Å². The molecule has 0 rings (SSSR count). The van der Waals surface area contributed by atoms with E-state index in [9.17, 15) is 20.4 Å². The molecule has 92 heavy (non-hydrogen) atoms. The lowest BCUT2D eigenvalue weighted by molar-refractivity contribution is 0.0492. The molecule has 7 heteroatoms. The van der Waals surface area contributed by atoms with Gasteiger partial charge < -0.3 is 25.3 Å². The third kappa shape index (κ3) is 71.9. The molecule has 0 aromatic carbocycles. The van der Waals surface area contributed by atoms with E-state index >= 15 is 0 Å². The molecule has 0 heterocycles. The maximum Gasteiger partial charge on any atom is 0.0667 e. The van der Waals surface area contributed by atoms with Crippen molar-refractivity contribution in [2.75, 3.05) is 59.4 Å². The van der Waals surface area contributed by atoms with Crippen LogP contribution in [-0.2, 0) is 0 Å². The summed E-state index contributed by atoms with van der Waals surface area (Å²) in [6.07, 6.45) is 97.7. The van der Waals surface area contributed by atoms with E-state index in [0.29, 0.717) is 26.2 Å². The molecule has 0 aromatic heterocycles. The molecular weight excluding hydrogens is 1130 g/mol. The molecule has 0 spiro atoms. The monoisotopic (exact) mass is 1290 g/mol. The Morgan fingerprint density at radius 2 is 0.391 bits per heavy atom. The molecule has 0 amide bonds. The van der Waals surface area contributed by atoms with Crippen LogP contribution in [0.3, 0.4) is 0 Å². The lowest BCUT2D eigenvalue weighted by Gasteiger charge is -2.31. The predicted octanol–water partition coefficient (Wildman–Crippen LogP) is 23.8. The first kappa shape index (κ1) is 89.6. The average molecular weight is 1290 g/mol. The van der Waals surface area contributed by atoms with Gasteiger partial charge in [0.2, 0.25) is 0 Å². The van der Waals surface area contributed by atoms with Crippen molar-refractivity contribution < 1.29 is 20.4 Å². The van der Waals surface area contributed by atoms with Crippen molar-refractivity contribution in [3.8, 4) is 0 Å². The zero-order valence-corrected chi connectivity index (χ0v) is 62.1. The van der Waals surface area contributed by atoms with E-state index in [0.717, 1.165) is 155 Å². The first-order valence-electron chi connectivity index (χ1n) is 40.3. The van der Waals surface area contributed by atoms with Gasteiger partial charge in [-0.25, -0.2) is 0 Å². The smallest absolute Gasteiger partial charge is 0.0667 e. The van der Waals surface area contributed by atoms with Crippen molar-refractivity contribution in [2.45, 2.75) is 386 Å². The highest BCUT2D eigenvalue weighted by molar-refractivity contribution is 4.95. The Bertz CT molecular complexity index is 1450. The number of rotatable bonds is 74. The summed E-state index contributed by atoms with van der Waals surface area (Å²) >= 11 is 0. The van der Waals surface area contributed by atoms with Gasteiger partial charge in [0.15, 0.2) is 0 Å². The average Bonchev–Trinajstić information content (AvgIpc) is 3.25. The molecule has 0 radical (unpaired) electrons. The molecule has 0 fully saturated rings. The van der Waals surface area contributed by atoms with Crippen molar-refractivity contribution in [1.29, 1.82) is 0 Å². The minimum absolute atomic E-state index is 0.406. The fourth-order valence-corrected chi connectivity index (χ4v) is 12.3. The summed E-state index contributed by atoms with van der Waals surface area (Å²) in [6, 6.07) is 0. The fraction of sp³-hybridized carbons (Fsp3) is 0.812. The number of unbranched alkanes of at least 4 members (excludes halogenated alkanes) is 36. The minimum Gasteiger partial charge on any atom is -0.392 e. The second-order valence-electron chi connectivity index (χ2n) is 27.9. The topological polar surface area (TPSA) is 90.6 Å². The maximum absolute atomic E-state index is 11.4. The molecule has 0 bridgehead atoms. The van der Waals surface area contributed by atoms with E-state index in [1.54, 1.807) is 0 Å². The second kappa shape index (κ2) is 76.0. The first-order valence-corrected chi connectivity index (χ1v) is 40.3. The van der Waals surface area contributed by atoms with Gasteiger partial charge in [0, 0.05) is 52.4 Å². The fourth-order valence-electron chi connectivity index (χ4n) is 12.3. The van der Waals surface area contributed by atoms with Crippen molar-refractivity contribution in [3.63, 3.8) is 0 Å². The highest BCUT2D eigenvalue weighted by atomic mass is 16.3. The van der Waals surface area contributed by atoms with Gasteiger partial charge in [-0.1, -0.05) is 305 Å². The number of nitrogens with zero attached hydrogens (tertiary/aromatic N) is 3. The number of hydrogen-bond acceptors (Lipinski definition) is 7. The lowest BCUT2D eigenvalue weighted by atomic mass is 10.1. The Morgan fingerprint density at radius 1 is 0.217 bits per heavy atom. The van der Waals surface area contributed by atoms with Crippen LogP contribution in [0.2, 0.25) is 0 Å². The van der Waals surface area contributed by atoms with Crippen LogP contribution in [0.4, 0.5) is 0 Å². The van der Waals surface area contributed by atoms with Crippen molar-refractivity contribution in [1.82, 2.24) is 14.7 Å². The highest BCUT2D eigenvalue weighted by Crippen LogP contribution is 2.17. The number of allylic oxidation sites excluding steroid dienone is 16. The highest BCUT2D eigenvalue weighted by Gasteiger charge is 2.19. The largest absolute Gasteiger partial charge is 0.392 e. The second-order valence-corrected chi connectivity index (χ2v) is 27.9. The van der Waals surface area contributed by atoms with Crippen LogP contribution in [0, 0.1) is 0 Å². The normalized spacial score (nSPS) is 14.1. The van der Waals surface area contributed by atoms with E-state index in [-0.39, 0.29) is 0 Å². The van der Waals surface area contributed by atoms with Crippen LogP contribution in [0.15, 0.2) is 97.2 Å². The third-order valence-corrected chi connectivity index (χ3v) is 18.4. The molecule has 4 unspecified atom stereocenters.